The van der Waals surface area contributed by atoms with Crippen molar-refractivity contribution in [1.82, 2.24) is 0 Å². The Bertz CT molecular complexity index is 1250. The number of ketones is 2. The molecule has 10 nitrogen and oxygen atoms in total. The van der Waals surface area contributed by atoms with E-state index in [1.807, 2.05) is 13.8 Å². The van der Waals surface area contributed by atoms with Crippen LogP contribution in [0.2, 0.25) is 0 Å². The Morgan fingerprint density at radius 2 is 1.83 bits per heavy atom. The van der Waals surface area contributed by atoms with Crippen molar-refractivity contribution in [2.24, 2.45) is 23.3 Å². The maximum Gasteiger partial charge on any atom is 0.255 e. The number of aliphatic hydroxyl groups is 4. The molecule has 0 radical (unpaired) electrons. The van der Waals surface area contributed by atoms with Gasteiger partial charge in [0.25, 0.3) is 5.91 Å². The summed E-state index contributed by atoms with van der Waals surface area (Å²) >= 11 is 0. The first-order valence-electron chi connectivity index (χ1n) is 11.9. The number of hydrogen-bond donors (Lipinski definition) is 7. The van der Waals surface area contributed by atoms with Crippen molar-refractivity contribution < 1.29 is 39.9 Å². The molecule has 0 aromatic heterocycles. The van der Waals surface area contributed by atoms with Crippen molar-refractivity contribution in [2.75, 3.05) is 6.54 Å². The molecule has 36 heavy (non-hydrogen) atoms. The summed E-state index contributed by atoms with van der Waals surface area (Å²) in [5.41, 5.74) is 7.18. The van der Waals surface area contributed by atoms with Gasteiger partial charge in [-0.1, -0.05) is 32.9 Å². The standard InChI is InChI=1S/C26H32N2O8/c1-10-11-5-6-12(25(2,3)7-4-8-27)19(30)16(11)21(32)18-15(10)20(31)13-9-14(29)17(24(28)35)22(33)26(13,36)23(18)34/h5-6,10,13,15,20,30-33,36H,4,7-9,27H2,1-3H3,(H2,28,35)/t10-,13+,15+,20+,26+/m0/s1. The predicted octanol–water partition coefficient (Wildman–Crippen LogP) is 0.972. The van der Waals surface area contributed by atoms with Gasteiger partial charge >= 0.3 is 0 Å². The van der Waals surface area contributed by atoms with Crippen LogP contribution in [-0.4, -0.2) is 61.3 Å². The van der Waals surface area contributed by atoms with Crippen molar-refractivity contribution in [1.29, 1.82) is 0 Å². The number of Topliss-reactive ketones (excluding diaryl/α,β-unsaturated/α-hetero) is 2. The molecule has 0 spiro atoms. The third-order valence-corrected chi connectivity index (χ3v) is 8.24. The molecular formula is C26H32N2O8. The van der Waals surface area contributed by atoms with Gasteiger partial charge in [-0.05, 0) is 36.3 Å². The first-order chi connectivity index (χ1) is 16.7. The van der Waals surface area contributed by atoms with Gasteiger partial charge in [0.2, 0.25) is 5.78 Å². The third kappa shape index (κ3) is 3.31. The Morgan fingerprint density at radius 1 is 1.19 bits per heavy atom. The van der Waals surface area contributed by atoms with E-state index in [0.29, 0.717) is 30.5 Å². The van der Waals surface area contributed by atoms with Gasteiger partial charge in [-0.25, -0.2) is 0 Å². The Balaban J connectivity index is 1.96. The molecule has 1 aromatic rings. The number of phenolic OH excluding ortho intramolecular Hbond substituents is 1. The molecule has 3 aliphatic rings. The van der Waals surface area contributed by atoms with Gasteiger partial charge in [0.15, 0.2) is 11.4 Å². The molecule has 0 heterocycles. The second kappa shape index (κ2) is 8.43. The van der Waals surface area contributed by atoms with Crippen LogP contribution in [0, 0.1) is 11.8 Å². The number of amides is 1. The lowest BCUT2D eigenvalue weighted by Gasteiger charge is -2.50. The zero-order valence-corrected chi connectivity index (χ0v) is 20.4. The maximum atomic E-state index is 13.7. The largest absolute Gasteiger partial charge is 0.508 e. The number of primary amides is 1. The fourth-order valence-corrected chi connectivity index (χ4v) is 6.22. The quantitative estimate of drug-likeness (QED) is 0.287. The molecule has 0 saturated heterocycles. The number of carbonyl (C=O) groups excluding carboxylic acids is 3. The lowest BCUT2D eigenvalue weighted by atomic mass is 9.55. The molecule has 4 rings (SSSR count). The fraction of sp³-hybridized carbons (Fsp3) is 0.500. The van der Waals surface area contributed by atoms with E-state index in [9.17, 15) is 39.9 Å². The Kier molecular flexibility index (Phi) is 6.06. The first kappa shape index (κ1) is 25.9. The van der Waals surface area contributed by atoms with E-state index in [1.165, 1.54) is 0 Å². The summed E-state index contributed by atoms with van der Waals surface area (Å²) in [6.07, 6.45) is -0.806. The van der Waals surface area contributed by atoms with Crippen LogP contribution in [0.4, 0.5) is 0 Å². The van der Waals surface area contributed by atoms with Crippen LogP contribution in [0.25, 0.3) is 5.76 Å². The highest BCUT2D eigenvalue weighted by atomic mass is 16.4. The van der Waals surface area contributed by atoms with Crippen LogP contribution >= 0.6 is 0 Å². The topological polar surface area (TPSA) is 204 Å². The minimum absolute atomic E-state index is 0.000142. The second-order valence-corrected chi connectivity index (χ2v) is 10.7. The van der Waals surface area contributed by atoms with E-state index in [2.05, 4.69) is 0 Å². The summed E-state index contributed by atoms with van der Waals surface area (Å²) in [6.45, 7) is 5.99. The Morgan fingerprint density at radius 3 is 2.42 bits per heavy atom. The van der Waals surface area contributed by atoms with Crippen molar-refractivity contribution >= 4 is 23.2 Å². The van der Waals surface area contributed by atoms with Crippen LogP contribution in [-0.2, 0) is 19.8 Å². The van der Waals surface area contributed by atoms with E-state index < -0.39 is 81.4 Å². The highest BCUT2D eigenvalue weighted by Crippen LogP contribution is 2.56. The van der Waals surface area contributed by atoms with E-state index in [4.69, 9.17) is 11.5 Å². The normalized spacial score (nSPS) is 30.2. The maximum absolute atomic E-state index is 13.7. The SMILES string of the molecule is C[C@H]1c2ccc(C(C)(C)CCCN)c(O)c2C(O)=C2C(=O)[C@]3(O)C(O)=C(C(N)=O)C(=O)C[C@@H]3[C@@H](O)[C@@H]21. The minimum atomic E-state index is -2.84. The van der Waals surface area contributed by atoms with Gasteiger partial charge in [-0.3, -0.25) is 14.4 Å². The molecule has 0 unspecified atom stereocenters. The molecule has 1 amide bonds. The zero-order valence-electron chi connectivity index (χ0n) is 20.4. The van der Waals surface area contributed by atoms with Gasteiger partial charge in [0, 0.05) is 29.4 Å². The lowest BCUT2D eigenvalue weighted by Crippen LogP contribution is -2.63. The predicted molar refractivity (Wildman–Crippen MR) is 129 cm³/mol. The van der Waals surface area contributed by atoms with Gasteiger partial charge < -0.3 is 37.0 Å². The summed E-state index contributed by atoms with van der Waals surface area (Å²) in [5.74, 6) is -8.61. The molecule has 9 N–H and O–H groups in total. The number of aromatic hydroxyl groups is 1. The number of rotatable bonds is 5. The fourth-order valence-electron chi connectivity index (χ4n) is 6.22. The number of benzene rings is 1. The number of phenols is 1. The van der Waals surface area contributed by atoms with Crippen LogP contribution in [0.3, 0.4) is 0 Å². The van der Waals surface area contributed by atoms with Crippen LogP contribution in [0.5, 0.6) is 5.75 Å². The Labute approximate surface area is 207 Å². The van der Waals surface area contributed by atoms with Crippen LogP contribution in [0.1, 0.15) is 62.6 Å². The molecule has 0 bridgehead atoms. The molecule has 1 aromatic carbocycles. The molecule has 5 atom stereocenters. The number of carbonyl (C=O) groups is 3. The molecule has 1 fully saturated rings. The van der Waals surface area contributed by atoms with E-state index in [-0.39, 0.29) is 11.3 Å². The lowest BCUT2D eigenvalue weighted by molar-refractivity contribution is -0.160. The van der Waals surface area contributed by atoms with Crippen LogP contribution in [0.15, 0.2) is 29.0 Å². The van der Waals surface area contributed by atoms with Crippen molar-refractivity contribution in [3.05, 3.63) is 45.7 Å². The van der Waals surface area contributed by atoms with Gasteiger partial charge in [0.05, 0.1) is 11.7 Å². The third-order valence-electron chi connectivity index (χ3n) is 8.24. The monoisotopic (exact) mass is 500 g/mol. The van der Waals surface area contributed by atoms with Gasteiger partial charge in [0.1, 0.15) is 22.8 Å². The summed E-state index contributed by atoms with van der Waals surface area (Å²) in [6, 6.07) is 3.46. The second-order valence-electron chi connectivity index (χ2n) is 10.7. The molecule has 0 aliphatic heterocycles. The molecule has 194 valence electrons. The summed E-state index contributed by atoms with van der Waals surface area (Å²) in [5, 5.41) is 55.9. The highest BCUT2D eigenvalue weighted by Gasteiger charge is 2.64. The highest BCUT2D eigenvalue weighted by molar-refractivity contribution is 6.23. The van der Waals surface area contributed by atoms with E-state index in [0.717, 1.165) is 0 Å². The average molecular weight is 501 g/mol. The Hall–Kier alpha value is -3.21. The minimum Gasteiger partial charge on any atom is -0.508 e. The summed E-state index contributed by atoms with van der Waals surface area (Å²) in [4.78, 5) is 38.0. The summed E-state index contributed by atoms with van der Waals surface area (Å²) < 4.78 is 0. The summed E-state index contributed by atoms with van der Waals surface area (Å²) in [7, 11) is 0. The van der Waals surface area contributed by atoms with Crippen LogP contribution < -0.4 is 11.5 Å². The van der Waals surface area contributed by atoms with Crippen molar-refractivity contribution in [3.63, 3.8) is 0 Å². The number of aliphatic hydroxyl groups excluding tert-OH is 3. The molecule has 3 aliphatic carbocycles. The molecule has 10 heteroatoms. The number of hydrogen-bond acceptors (Lipinski definition) is 9. The number of fused-ring (bicyclic) bond motifs is 3. The molecular weight excluding hydrogens is 468 g/mol. The average Bonchev–Trinajstić information content (AvgIpc) is 2.80. The molecule has 1 saturated carbocycles. The van der Waals surface area contributed by atoms with Gasteiger partial charge in [-0.2, -0.15) is 0 Å². The van der Waals surface area contributed by atoms with Gasteiger partial charge in [-0.15, -0.1) is 0 Å². The van der Waals surface area contributed by atoms with E-state index in [1.54, 1.807) is 19.1 Å². The number of nitrogens with two attached hydrogens (primary N) is 2. The van der Waals surface area contributed by atoms with E-state index >= 15 is 0 Å². The van der Waals surface area contributed by atoms with Crippen molar-refractivity contribution in [2.45, 2.75) is 63.1 Å². The first-order valence-corrected chi connectivity index (χ1v) is 11.9. The zero-order chi connectivity index (χ0) is 26.9. The van der Waals surface area contributed by atoms with Crippen molar-refractivity contribution in [3.8, 4) is 5.75 Å². The smallest absolute Gasteiger partial charge is 0.255 e.